The standard InChI is InChI=1S/C33H32ClN5O2S/c1-4-14-42-25-12-13-30-28(17-25)36-32(39(30)19-22-8-7-9-24(34)15-22)29(37-33(40)31-20(2)38-41-21(31)3)16-23-18-35-27-11-6-5-10-26(23)27/h5-13,15,17-18,29,35H,4,14,16,19H2,1-3H3,(H,37,40). The topological polar surface area (TPSA) is 88.7 Å². The second kappa shape index (κ2) is 12.1. The van der Waals surface area contributed by atoms with Crippen molar-refractivity contribution in [2.75, 3.05) is 5.75 Å². The van der Waals surface area contributed by atoms with Crippen molar-refractivity contribution in [1.29, 1.82) is 0 Å². The number of amides is 1. The lowest BCUT2D eigenvalue weighted by Crippen LogP contribution is -2.32. The van der Waals surface area contributed by atoms with E-state index in [1.165, 1.54) is 4.90 Å². The van der Waals surface area contributed by atoms with E-state index in [0.717, 1.165) is 51.1 Å². The Morgan fingerprint density at radius 2 is 1.98 bits per heavy atom. The lowest BCUT2D eigenvalue weighted by Gasteiger charge is -2.20. The number of thioether (sulfide) groups is 1. The molecule has 2 N–H and O–H groups in total. The summed E-state index contributed by atoms with van der Waals surface area (Å²) in [7, 11) is 0. The molecule has 0 saturated carbocycles. The van der Waals surface area contributed by atoms with Crippen molar-refractivity contribution in [2.24, 2.45) is 0 Å². The Labute approximate surface area is 253 Å². The fraction of sp³-hybridized carbons (Fsp3) is 0.242. The van der Waals surface area contributed by atoms with Gasteiger partial charge in [-0.15, -0.1) is 11.8 Å². The van der Waals surface area contributed by atoms with Crippen LogP contribution >= 0.6 is 23.4 Å². The summed E-state index contributed by atoms with van der Waals surface area (Å²) >= 11 is 8.20. The highest BCUT2D eigenvalue weighted by Gasteiger charge is 2.27. The first kappa shape index (κ1) is 28.1. The van der Waals surface area contributed by atoms with Gasteiger partial charge in [0.1, 0.15) is 17.1 Å². The molecule has 1 unspecified atom stereocenters. The van der Waals surface area contributed by atoms with Gasteiger partial charge in [0.05, 0.1) is 22.8 Å². The largest absolute Gasteiger partial charge is 0.361 e. The van der Waals surface area contributed by atoms with Gasteiger partial charge >= 0.3 is 0 Å². The number of carbonyl (C=O) groups is 1. The number of hydrogen-bond donors (Lipinski definition) is 2. The molecule has 0 fully saturated rings. The first-order valence-electron chi connectivity index (χ1n) is 14.1. The Kier molecular flexibility index (Phi) is 8.09. The van der Waals surface area contributed by atoms with Crippen molar-refractivity contribution in [1.82, 2.24) is 25.0 Å². The molecular weight excluding hydrogens is 566 g/mol. The lowest BCUT2D eigenvalue weighted by molar-refractivity contribution is 0.0932. The quantitative estimate of drug-likeness (QED) is 0.156. The number of imidazole rings is 1. The lowest BCUT2D eigenvalue weighted by atomic mass is 10.0. The van der Waals surface area contributed by atoms with Crippen molar-refractivity contribution in [3.8, 4) is 0 Å². The highest BCUT2D eigenvalue weighted by Crippen LogP contribution is 2.31. The van der Waals surface area contributed by atoms with Crippen LogP contribution in [0.4, 0.5) is 0 Å². The highest BCUT2D eigenvalue weighted by molar-refractivity contribution is 7.99. The van der Waals surface area contributed by atoms with E-state index in [2.05, 4.69) is 63.3 Å². The molecule has 0 saturated heterocycles. The third-order valence-electron chi connectivity index (χ3n) is 7.43. The Bertz CT molecular complexity index is 1870. The van der Waals surface area contributed by atoms with Crippen molar-refractivity contribution >= 4 is 51.2 Å². The number of rotatable bonds is 10. The second-order valence-corrected chi connectivity index (χ2v) is 12.1. The van der Waals surface area contributed by atoms with Crippen LogP contribution in [0.2, 0.25) is 5.02 Å². The minimum Gasteiger partial charge on any atom is -0.361 e. The summed E-state index contributed by atoms with van der Waals surface area (Å²) in [5, 5.41) is 9.10. The highest BCUT2D eigenvalue weighted by atomic mass is 35.5. The molecule has 6 aromatic rings. The molecule has 0 aliphatic carbocycles. The van der Waals surface area contributed by atoms with Crippen LogP contribution in [-0.2, 0) is 13.0 Å². The molecular formula is C33H32ClN5O2S. The molecule has 3 heterocycles. The Balaban J connectivity index is 1.48. The molecule has 214 valence electrons. The number of carbonyl (C=O) groups excluding carboxylic acids is 1. The first-order valence-corrected chi connectivity index (χ1v) is 15.4. The number of aromatic nitrogens is 4. The van der Waals surface area contributed by atoms with E-state index in [4.69, 9.17) is 21.1 Å². The molecule has 7 nitrogen and oxygen atoms in total. The summed E-state index contributed by atoms with van der Waals surface area (Å²) in [6.07, 6.45) is 3.65. The number of nitrogens with zero attached hydrogens (tertiary/aromatic N) is 3. The van der Waals surface area contributed by atoms with Crippen LogP contribution in [0.3, 0.4) is 0 Å². The minimum atomic E-state index is -0.441. The summed E-state index contributed by atoms with van der Waals surface area (Å²) in [6, 6.07) is 22.0. The number of aromatic amines is 1. The van der Waals surface area contributed by atoms with Crippen LogP contribution in [0.25, 0.3) is 21.9 Å². The average molecular weight is 598 g/mol. The maximum Gasteiger partial charge on any atom is 0.257 e. The maximum atomic E-state index is 13.7. The third-order valence-corrected chi connectivity index (χ3v) is 8.86. The van der Waals surface area contributed by atoms with E-state index < -0.39 is 6.04 Å². The molecule has 0 bridgehead atoms. The fourth-order valence-corrected chi connectivity index (χ4v) is 6.46. The van der Waals surface area contributed by atoms with Crippen molar-refractivity contribution in [3.63, 3.8) is 0 Å². The van der Waals surface area contributed by atoms with E-state index in [9.17, 15) is 4.79 Å². The molecule has 0 aliphatic heterocycles. The van der Waals surface area contributed by atoms with Crippen LogP contribution in [0.1, 0.15) is 58.1 Å². The third kappa shape index (κ3) is 5.69. The zero-order valence-corrected chi connectivity index (χ0v) is 25.4. The smallest absolute Gasteiger partial charge is 0.257 e. The number of fused-ring (bicyclic) bond motifs is 2. The molecule has 3 aromatic carbocycles. The maximum absolute atomic E-state index is 13.7. The monoisotopic (exact) mass is 597 g/mol. The molecule has 9 heteroatoms. The van der Waals surface area contributed by atoms with Gasteiger partial charge in [0.25, 0.3) is 5.91 Å². The number of benzene rings is 3. The van der Waals surface area contributed by atoms with Gasteiger partial charge in [-0.25, -0.2) is 4.98 Å². The van der Waals surface area contributed by atoms with E-state index in [0.29, 0.717) is 35.0 Å². The van der Waals surface area contributed by atoms with E-state index in [1.54, 1.807) is 13.8 Å². The molecule has 0 aliphatic rings. The Morgan fingerprint density at radius 3 is 2.76 bits per heavy atom. The zero-order chi connectivity index (χ0) is 29.2. The second-order valence-electron chi connectivity index (χ2n) is 10.5. The van der Waals surface area contributed by atoms with Crippen LogP contribution in [0.15, 0.2) is 82.3 Å². The van der Waals surface area contributed by atoms with E-state index in [-0.39, 0.29) is 5.91 Å². The van der Waals surface area contributed by atoms with Crippen LogP contribution in [0.5, 0.6) is 0 Å². The predicted octanol–water partition coefficient (Wildman–Crippen LogP) is 8.04. The zero-order valence-electron chi connectivity index (χ0n) is 23.8. The van der Waals surface area contributed by atoms with Crippen LogP contribution in [0, 0.1) is 13.8 Å². The van der Waals surface area contributed by atoms with Gasteiger partial charge < -0.3 is 19.4 Å². The average Bonchev–Trinajstić information content (AvgIpc) is 3.66. The molecule has 0 spiro atoms. The van der Waals surface area contributed by atoms with E-state index >= 15 is 0 Å². The first-order chi connectivity index (χ1) is 20.4. The summed E-state index contributed by atoms with van der Waals surface area (Å²) in [4.78, 5) is 23.5. The van der Waals surface area contributed by atoms with E-state index in [1.807, 2.05) is 48.3 Å². The number of aryl methyl sites for hydroxylation is 2. The summed E-state index contributed by atoms with van der Waals surface area (Å²) in [5.41, 5.74) is 6.10. The molecule has 6 rings (SSSR count). The van der Waals surface area contributed by atoms with Crippen molar-refractivity contribution in [3.05, 3.63) is 112 Å². The van der Waals surface area contributed by atoms with Gasteiger partial charge in [-0.05, 0) is 73.5 Å². The number of halogens is 1. The molecule has 1 amide bonds. The van der Waals surface area contributed by atoms with Gasteiger partial charge in [0.15, 0.2) is 0 Å². The van der Waals surface area contributed by atoms with Gasteiger partial charge in [0, 0.05) is 40.0 Å². The van der Waals surface area contributed by atoms with Crippen LogP contribution < -0.4 is 5.32 Å². The van der Waals surface area contributed by atoms with Gasteiger partial charge in [-0.3, -0.25) is 4.79 Å². The number of H-pyrrole nitrogens is 1. The van der Waals surface area contributed by atoms with Gasteiger partial charge in [-0.2, -0.15) is 0 Å². The van der Waals surface area contributed by atoms with Crippen molar-refractivity contribution in [2.45, 2.75) is 51.1 Å². The van der Waals surface area contributed by atoms with Crippen molar-refractivity contribution < 1.29 is 9.32 Å². The van der Waals surface area contributed by atoms with Crippen LogP contribution in [-0.4, -0.2) is 31.4 Å². The summed E-state index contributed by atoms with van der Waals surface area (Å²) in [5.74, 6) is 2.06. The predicted molar refractivity (Wildman–Crippen MR) is 169 cm³/mol. The number of nitrogens with one attached hydrogen (secondary N) is 2. The minimum absolute atomic E-state index is 0.239. The van der Waals surface area contributed by atoms with Gasteiger partial charge in [-0.1, -0.05) is 54.0 Å². The molecule has 3 aromatic heterocycles. The number of para-hydroxylation sites is 1. The SMILES string of the molecule is CCCSc1ccc2c(c1)nc(C(Cc1c[nH]c3ccccc13)NC(=O)c1c(C)noc1C)n2Cc1cccc(Cl)c1. The number of hydrogen-bond acceptors (Lipinski definition) is 5. The molecule has 0 radical (unpaired) electrons. The normalized spacial score (nSPS) is 12.3. The van der Waals surface area contributed by atoms with Gasteiger partial charge in [0.2, 0.25) is 0 Å². The summed E-state index contributed by atoms with van der Waals surface area (Å²) < 4.78 is 7.52. The Morgan fingerprint density at radius 1 is 1.12 bits per heavy atom. The molecule has 42 heavy (non-hydrogen) atoms. The molecule has 1 atom stereocenters. The fourth-order valence-electron chi connectivity index (χ4n) is 5.45. The Hall–Kier alpha value is -4.01. The summed E-state index contributed by atoms with van der Waals surface area (Å²) in [6.45, 7) is 6.27.